The molecule has 7 heteroatoms. The van der Waals surface area contributed by atoms with Gasteiger partial charge in [-0.05, 0) is 48.9 Å². The fraction of sp³-hybridized carbons (Fsp3) is 0.267. The quantitative estimate of drug-likeness (QED) is 0.364. The van der Waals surface area contributed by atoms with Crippen LogP contribution in [0.25, 0.3) is 21.9 Å². The fourth-order valence-electron chi connectivity index (χ4n) is 4.86. The van der Waals surface area contributed by atoms with E-state index < -0.39 is 5.63 Å². The minimum Gasteiger partial charge on any atom is -0.497 e. The van der Waals surface area contributed by atoms with Gasteiger partial charge in [0.05, 0.1) is 12.5 Å². The average molecular weight is 498 g/mol. The maximum atomic E-state index is 13.2. The Morgan fingerprint density at radius 1 is 0.892 bits per heavy atom. The van der Waals surface area contributed by atoms with Crippen molar-refractivity contribution in [1.29, 1.82) is 0 Å². The number of nitrogens with zero attached hydrogens (tertiary/aromatic N) is 2. The summed E-state index contributed by atoms with van der Waals surface area (Å²) in [6.07, 6.45) is 0.812. The van der Waals surface area contributed by atoms with E-state index in [2.05, 4.69) is 27.2 Å². The molecule has 0 saturated carbocycles. The number of rotatable bonds is 8. The molecule has 190 valence electrons. The number of amides is 1. The standard InChI is InChI=1S/C30H31N3O4/c1-36-24-14-12-23(13-15-24)33-20-18-32(19-21-33)17-7-16-31-29(34)28-27(22-8-3-2-4-9-22)25-10-5-6-11-26(25)30(35)37-28/h2-6,8-15H,7,16-21H2,1H3,(H,31,34). The zero-order chi connectivity index (χ0) is 25.6. The summed E-state index contributed by atoms with van der Waals surface area (Å²) in [6, 6.07) is 25.0. The topological polar surface area (TPSA) is 75.0 Å². The molecule has 1 amide bonds. The first-order chi connectivity index (χ1) is 18.1. The molecule has 5 rings (SSSR count). The third-order valence-electron chi connectivity index (χ3n) is 6.85. The lowest BCUT2D eigenvalue weighted by atomic mass is 9.98. The highest BCUT2D eigenvalue weighted by atomic mass is 16.5. The highest BCUT2D eigenvalue weighted by Crippen LogP contribution is 2.30. The van der Waals surface area contributed by atoms with Crippen LogP contribution in [0, 0.1) is 0 Å². The number of hydrogen-bond donors (Lipinski definition) is 1. The van der Waals surface area contributed by atoms with Crippen LogP contribution in [0.15, 0.2) is 88.1 Å². The molecule has 1 saturated heterocycles. The molecule has 0 bridgehead atoms. The average Bonchev–Trinajstić information content (AvgIpc) is 2.96. The molecule has 4 aromatic rings. The monoisotopic (exact) mass is 497 g/mol. The number of ether oxygens (including phenoxy) is 1. The number of methoxy groups -OCH3 is 1. The van der Waals surface area contributed by atoms with Crippen LogP contribution in [-0.4, -0.2) is 57.2 Å². The molecule has 3 aromatic carbocycles. The summed E-state index contributed by atoms with van der Waals surface area (Å²) in [5, 5.41) is 4.14. The first-order valence-electron chi connectivity index (χ1n) is 12.6. The molecule has 7 nitrogen and oxygen atoms in total. The predicted octanol–water partition coefficient (Wildman–Crippen LogP) is 4.41. The van der Waals surface area contributed by atoms with Crippen molar-refractivity contribution in [3.8, 4) is 16.9 Å². The lowest BCUT2D eigenvalue weighted by molar-refractivity contribution is 0.0921. The minimum atomic E-state index is -0.504. The molecular weight excluding hydrogens is 466 g/mol. The smallest absolute Gasteiger partial charge is 0.344 e. The van der Waals surface area contributed by atoms with Gasteiger partial charge in [-0.1, -0.05) is 48.5 Å². The Morgan fingerprint density at radius 2 is 1.57 bits per heavy atom. The summed E-state index contributed by atoms with van der Waals surface area (Å²) < 4.78 is 10.8. The number of nitrogens with one attached hydrogen (secondary N) is 1. The third-order valence-corrected chi connectivity index (χ3v) is 6.85. The van der Waals surface area contributed by atoms with Gasteiger partial charge in [-0.3, -0.25) is 9.69 Å². The summed E-state index contributed by atoms with van der Waals surface area (Å²) in [4.78, 5) is 30.6. The van der Waals surface area contributed by atoms with E-state index in [0.29, 0.717) is 22.9 Å². The van der Waals surface area contributed by atoms with Crippen LogP contribution in [0.3, 0.4) is 0 Å². The van der Waals surface area contributed by atoms with Gasteiger partial charge in [0.1, 0.15) is 5.75 Å². The third kappa shape index (κ3) is 5.52. The van der Waals surface area contributed by atoms with Crippen molar-refractivity contribution in [3.05, 3.63) is 95.0 Å². The van der Waals surface area contributed by atoms with Gasteiger partial charge < -0.3 is 19.4 Å². The highest BCUT2D eigenvalue weighted by Gasteiger charge is 2.21. The molecule has 0 aliphatic carbocycles. The maximum Gasteiger partial charge on any atom is 0.344 e. The van der Waals surface area contributed by atoms with Crippen LogP contribution in [0.5, 0.6) is 5.75 Å². The van der Waals surface area contributed by atoms with Gasteiger partial charge in [0.15, 0.2) is 0 Å². The van der Waals surface area contributed by atoms with Gasteiger partial charge in [-0.2, -0.15) is 0 Å². The van der Waals surface area contributed by atoms with E-state index >= 15 is 0 Å². The molecule has 1 aromatic heterocycles. The van der Waals surface area contributed by atoms with Gasteiger partial charge in [-0.15, -0.1) is 0 Å². The van der Waals surface area contributed by atoms with Crippen LogP contribution in [0.2, 0.25) is 0 Å². The summed E-state index contributed by atoms with van der Waals surface area (Å²) in [5.41, 5.74) is 2.18. The van der Waals surface area contributed by atoms with Gasteiger partial charge in [0.25, 0.3) is 5.91 Å². The summed E-state index contributed by atoms with van der Waals surface area (Å²) in [5.74, 6) is 0.553. The molecule has 1 aliphatic heterocycles. The predicted molar refractivity (Wildman–Crippen MR) is 147 cm³/mol. The first-order valence-corrected chi connectivity index (χ1v) is 12.6. The minimum absolute atomic E-state index is 0.0583. The second-order valence-electron chi connectivity index (χ2n) is 9.14. The largest absolute Gasteiger partial charge is 0.497 e. The Kier molecular flexibility index (Phi) is 7.51. The van der Waals surface area contributed by atoms with Crippen molar-refractivity contribution in [3.63, 3.8) is 0 Å². The van der Waals surface area contributed by atoms with Crippen molar-refractivity contribution >= 4 is 22.4 Å². The maximum absolute atomic E-state index is 13.2. The fourth-order valence-corrected chi connectivity index (χ4v) is 4.86. The number of carbonyl (C=O) groups is 1. The normalized spacial score (nSPS) is 14.0. The van der Waals surface area contributed by atoms with Gasteiger partial charge in [-0.25, -0.2) is 4.79 Å². The van der Waals surface area contributed by atoms with E-state index in [1.165, 1.54) is 5.69 Å². The van der Waals surface area contributed by atoms with E-state index in [4.69, 9.17) is 9.15 Å². The Morgan fingerprint density at radius 3 is 2.27 bits per heavy atom. The molecule has 0 spiro atoms. The van der Waals surface area contributed by atoms with Crippen LogP contribution in [0.1, 0.15) is 17.0 Å². The Bertz CT molecular complexity index is 1410. The SMILES string of the molecule is COc1ccc(N2CCN(CCCNC(=O)c3oc(=O)c4ccccc4c3-c3ccccc3)CC2)cc1. The van der Waals surface area contributed by atoms with E-state index in [-0.39, 0.29) is 11.7 Å². The number of carbonyl (C=O) groups excluding carboxylic acids is 1. The second-order valence-corrected chi connectivity index (χ2v) is 9.14. The van der Waals surface area contributed by atoms with Gasteiger partial charge in [0.2, 0.25) is 5.76 Å². The van der Waals surface area contributed by atoms with E-state index in [9.17, 15) is 9.59 Å². The Labute approximate surface area is 216 Å². The molecule has 2 heterocycles. The molecule has 0 unspecified atom stereocenters. The van der Waals surface area contributed by atoms with Crippen molar-refractivity contribution in [2.24, 2.45) is 0 Å². The number of fused-ring (bicyclic) bond motifs is 1. The van der Waals surface area contributed by atoms with Crippen LogP contribution >= 0.6 is 0 Å². The summed E-state index contributed by atoms with van der Waals surface area (Å²) in [6.45, 7) is 5.25. The highest BCUT2D eigenvalue weighted by molar-refractivity contribution is 6.07. The van der Waals surface area contributed by atoms with Crippen LogP contribution in [0.4, 0.5) is 5.69 Å². The Balaban J connectivity index is 1.19. The lowest BCUT2D eigenvalue weighted by Crippen LogP contribution is -2.47. The van der Waals surface area contributed by atoms with E-state index in [0.717, 1.165) is 50.5 Å². The molecule has 37 heavy (non-hydrogen) atoms. The lowest BCUT2D eigenvalue weighted by Gasteiger charge is -2.36. The number of hydrogen-bond acceptors (Lipinski definition) is 6. The molecule has 0 radical (unpaired) electrons. The van der Waals surface area contributed by atoms with Gasteiger partial charge in [0, 0.05) is 49.4 Å². The van der Waals surface area contributed by atoms with Crippen molar-refractivity contribution < 1.29 is 13.9 Å². The number of piperazine rings is 1. The van der Waals surface area contributed by atoms with Crippen LogP contribution in [-0.2, 0) is 0 Å². The van der Waals surface area contributed by atoms with Crippen molar-refractivity contribution in [1.82, 2.24) is 10.2 Å². The van der Waals surface area contributed by atoms with Crippen LogP contribution < -0.4 is 20.6 Å². The van der Waals surface area contributed by atoms with Gasteiger partial charge >= 0.3 is 5.63 Å². The molecule has 1 aliphatic rings. The Hall–Kier alpha value is -4.10. The van der Waals surface area contributed by atoms with Crippen molar-refractivity contribution in [2.45, 2.75) is 6.42 Å². The molecule has 1 N–H and O–H groups in total. The zero-order valence-corrected chi connectivity index (χ0v) is 21.0. The van der Waals surface area contributed by atoms with E-state index in [1.54, 1.807) is 19.2 Å². The molecular formula is C30H31N3O4. The summed E-state index contributed by atoms with van der Waals surface area (Å²) >= 11 is 0. The number of anilines is 1. The second kappa shape index (κ2) is 11.3. The summed E-state index contributed by atoms with van der Waals surface area (Å²) in [7, 11) is 1.68. The first kappa shape index (κ1) is 24.6. The van der Waals surface area contributed by atoms with E-state index in [1.807, 2.05) is 54.6 Å². The molecule has 1 fully saturated rings. The number of benzene rings is 3. The van der Waals surface area contributed by atoms with Crippen molar-refractivity contribution in [2.75, 3.05) is 51.3 Å². The zero-order valence-electron chi connectivity index (χ0n) is 21.0. The molecule has 0 atom stereocenters.